The van der Waals surface area contributed by atoms with Gasteiger partial charge in [0.1, 0.15) is 5.75 Å². The minimum absolute atomic E-state index is 0.149. The third-order valence-electron chi connectivity index (χ3n) is 3.36. The van der Waals surface area contributed by atoms with E-state index >= 15 is 0 Å². The SMILES string of the molecule is COc1ccc(NCC(=O)NN=Cc2ccc(C)cc2C)cc1. The smallest absolute Gasteiger partial charge is 0.259 e. The minimum Gasteiger partial charge on any atom is -0.497 e. The molecule has 0 aliphatic rings. The zero-order valence-corrected chi connectivity index (χ0v) is 13.6. The lowest BCUT2D eigenvalue weighted by Gasteiger charge is -2.06. The maximum absolute atomic E-state index is 11.8. The van der Waals surface area contributed by atoms with Gasteiger partial charge >= 0.3 is 0 Å². The molecule has 0 heterocycles. The molecular weight excluding hydrogens is 290 g/mol. The monoisotopic (exact) mass is 311 g/mol. The lowest BCUT2D eigenvalue weighted by molar-refractivity contribution is -0.119. The van der Waals surface area contributed by atoms with Gasteiger partial charge in [0.15, 0.2) is 0 Å². The molecule has 0 bridgehead atoms. The van der Waals surface area contributed by atoms with E-state index in [1.165, 1.54) is 5.56 Å². The summed E-state index contributed by atoms with van der Waals surface area (Å²) in [4.78, 5) is 11.8. The van der Waals surface area contributed by atoms with Gasteiger partial charge in [-0.1, -0.05) is 23.8 Å². The molecule has 23 heavy (non-hydrogen) atoms. The van der Waals surface area contributed by atoms with Crippen molar-refractivity contribution in [2.75, 3.05) is 19.0 Å². The van der Waals surface area contributed by atoms with E-state index in [0.29, 0.717) is 0 Å². The van der Waals surface area contributed by atoms with Crippen LogP contribution in [0.1, 0.15) is 16.7 Å². The van der Waals surface area contributed by atoms with Crippen molar-refractivity contribution in [2.24, 2.45) is 5.10 Å². The van der Waals surface area contributed by atoms with Crippen LogP contribution in [0.25, 0.3) is 0 Å². The molecule has 0 radical (unpaired) electrons. The first-order valence-corrected chi connectivity index (χ1v) is 7.35. The van der Waals surface area contributed by atoms with Crippen LogP contribution in [0.4, 0.5) is 5.69 Å². The van der Waals surface area contributed by atoms with Crippen molar-refractivity contribution in [3.05, 3.63) is 59.2 Å². The van der Waals surface area contributed by atoms with Gasteiger partial charge in [-0.15, -0.1) is 0 Å². The molecule has 0 unspecified atom stereocenters. The fourth-order valence-electron chi connectivity index (χ4n) is 2.08. The van der Waals surface area contributed by atoms with Crippen molar-refractivity contribution in [3.8, 4) is 5.75 Å². The Balaban J connectivity index is 1.81. The molecule has 120 valence electrons. The van der Waals surface area contributed by atoms with Crippen LogP contribution in [-0.2, 0) is 4.79 Å². The maximum atomic E-state index is 11.8. The number of hydrogen-bond acceptors (Lipinski definition) is 4. The first kappa shape index (κ1) is 16.5. The molecule has 5 nitrogen and oxygen atoms in total. The molecule has 2 aromatic rings. The molecule has 0 aromatic heterocycles. The van der Waals surface area contributed by atoms with Crippen LogP contribution in [0.2, 0.25) is 0 Å². The molecule has 2 rings (SSSR count). The molecule has 0 fully saturated rings. The third-order valence-corrected chi connectivity index (χ3v) is 3.36. The van der Waals surface area contributed by atoms with Gasteiger partial charge in [0.2, 0.25) is 0 Å². The summed E-state index contributed by atoms with van der Waals surface area (Å²) in [5, 5.41) is 7.01. The molecule has 0 saturated heterocycles. The van der Waals surface area contributed by atoms with Crippen molar-refractivity contribution in [1.82, 2.24) is 5.43 Å². The quantitative estimate of drug-likeness (QED) is 0.637. The fraction of sp³-hybridized carbons (Fsp3) is 0.222. The highest BCUT2D eigenvalue weighted by molar-refractivity contribution is 5.85. The Morgan fingerprint density at radius 1 is 1.17 bits per heavy atom. The van der Waals surface area contributed by atoms with E-state index in [0.717, 1.165) is 22.6 Å². The van der Waals surface area contributed by atoms with Crippen LogP contribution in [0.5, 0.6) is 5.75 Å². The van der Waals surface area contributed by atoms with E-state index in [4.69, 9.17) is 4.74 Å². The number of benzene rings is 2. The zero-order chi connectivity index (χ0) is 16.7. The summed E-state index contributed by atoms with van der Waals surface area (Å²) in [5.74, 6) is 0.569. The van der Waals surface area contributed by atoms with E-state index in [2.05, 4.69) is 21.9 Å². The molecule has 5 heteroatoms. The number of rotatable bonds is 6. The first-order valence-electron chi connectivity index (χ1n) is 7.35. The molecule has 2 aromatic carbocycles. The molecule has 0 atom stereocenters. The Kier molecular flexibility index (Phi) is 5.74. The van der Waals surface area contributed by atoms with Gasteiger partial charge < -0.3 is 10.1 Å². The molecule has 0 aliphatic carbocycles. The van der Waals surface area contributed by atoms with Crippen molar-refractivity contribution in [2.45, 2.75) is 13.8 Å². The number of anilines is 1. The van der Waals surface area contributed by atoms with E-state index in [9.17, 15) is 4.79 Å². The van der Waals surface area contributed by atoms with Crippen LogP contribution in [0.3, 0.4) is 0 Å². The Morgan fingerprint density at radius 2 is 1.91 bits per heavy atom. The van der Waals surface area contributed by atoms with Crippen molar-refractivity contribution in [3.63, 3.8) is 0 Å². The number of ether oxygens (including phenoxy) is 1. The maximum Gasteiger partial charge on any atom is 0.259 e. The Hall–Kier alpha value is -2.82. The van der Waals surface area contributed by atoms with Gasteiger partial charge in [-0.05, 0) is 49.2 Å². The van der Waals surface area contributed by atoms with Crippen molar-refractivity contribution in [1.29, 1.82) is 0 Å². The largest absolute Gasteiger partial charge is 0.497 e. The predicted octanol–water partition coefficient (Wildman–Crippen LogP) is 2.87. The van der Waals surface area contributed by atoms with E-state index < -0.39 is 0 Å². The van der Waals surface area contributed by atoms with Crippen LogP contribution in [0, 0.1) is 13.8 Å². The summed E-state index contributed by atoms with van der Waals surface area (Å²) < 4.78 is 5.08. The highest BCUT2D eigenvalue weighted by Gasteiger charge is 2.00. The van der Waals surface area contributed by atoms with Crippen LogP contribution >= 0.6 is 0 Å². The van der Waals surface area contributed by atoms with Crippen LogP contribution in [-0.4, -0.2) is 25.8 Å². The molecule has 2 N–H and O–H groups in total. The minimum atomic E-state index is -0.207. The second kappa shape index (κ2) is 7.98. The van der Waals surface area contributed by atoms with Crippen molar-refractivity contribution >= 4 is 17.8 Å². The zero-order valence-electron chi connectivity index (χ0n) is 13.6. The first-order chi connectivity index (χ1) is 11.1. The number of methoxy groups -OCH3 is 1. The topological polar surface area (TPSA) is 62.7 Å². The molecule has 0 saturated carbocycles. The Bertz CT molecular complexity index is 694. The van der Waals surface area contributed by atoms with Gasteiger partial charge in [0, 0.05) is 5.69 Å². The predicted molar refractivity (Wildman–Crippen MR) is 93.1 cm³/mol. The van der Waals surface area contributed by atoms with Gasteiger partial charge in [0.25, 0.3) is 5.91 Å². The summed E-state index contributed by atoms with van der Waals surface area (Å²) in [6, 6.07) is 13.4. The summed E-state index contributed by atoms with van der Waals surface area (Å²) >= 11 is 0. The van der Waals surface area contributed by atoms with Crippen LogP contribution in [0.15, 0.2) is 47.6 Å². The third kappa shape index (κ3) is 5.14. The van der Waals surface area contributed by atoms with E-state index in [1.54, 1.807) is 13.3 Å². The average Bonchev–Trinajstić information content (AvgIpc) is 2.55. The second-order valence-corrected chi connectivity index (χ2v) is 5.24. The summed E-state index contributed by atoms with van der Waals surface area (Å²) in [6.45, 7) is 4.21. The van der Waals surface area contributed by atoms with E-state index in [1.807, 2.05) is 50.2 Å². The van der Waals surface area contributed by atoms with Gasteiger partial charge in [-0.3, -0.25) is 4.79 Å². The Morgan fingerprint density at radius 3 is 2.57 bits per heavy atom. The van der Waals surface area contributed by atoms with Crippen molar-refractivity contribution < 1.29 is 9.53 Å². The normalized spacial score (nSPS) is 10.6. The average molecular weight is 311 g/mol. The summed E-state index contributed by atoms with van der Waals surface area (Å²) in [5.41, 5.74) is 6.67. The number of carbonyl (C=O) groups is 1. The number of nitrogens with zero attached hydrogens (tertiary/aromatic N) is 1. The number of nitrogens with one attached hydrogen (secondary N) is 2. The number of carbonyl (C=O) groups excluding carboxylic acids is 1. The molecule has 0 spiro atoms. The highest BCUT2D eigenvalue weighted by atomic mass is 16.5. The van der Waals surface area contributed by atoms with Gasteiger partial charge in [-0.2, -0.15) is 5.10 Å². The van der Waals surface area contributed by atoms with E-state index in [-0.39, 0.29) is 12.5 Å². The number of hydrazone groups is 1. The number of hydrogen-bond donors (Lipinski definition) is 2. The standard InChI is InChI=1S/C18H21N3O2/c1-13-4-5-15(14(2)10-13)11-20-21-18(22)12-19-16-6-8-17(23-3)9-7-16/h4-11,19H,12H2,1-3H3,(H,21,22). The lowest BCUT2D eigenvalue weighted by atomic mass is 10.1. The second-order valence-electron chi connectivity index (χ2n) is 5.24. The lowest BCUT2D eigenvalue weighted by Crippen LogP contribution is -2.25. The fourth-order valence-corrected chi connectivity index (χ4v) is 2.08. The van der Waals surface area contributed by atoms with Gasteiger partial charge in [0.05, 0.1) is 19.9 Å². The highest BCUT2D eigenvalue weighted by Crippen LogP contribution is 2.14. The summed E-state index contributed by atoms with van der Waals surface area (Å²) in [7, 11) is 1.61. The number of amides is 1. The molecule has 1 amide bonds. The molecular formula is C18H21N3O2. The van der Waals surface area contributed by atoms with Crippen LogP contribution < -0.4 is 15.5 Å². The number of aryl methyl sites for hydroxylation is 2. The summed E-state index contributed by atoms with van der Waals surface area (Å²) in [6.07, 6.45) is 1.65. The molecule has 0 aliphatic heterocycles. The Labute approximate surface area is 136 Å². The van der Waals surface area contributed by atoms with Gasteiger partial charge in [-0.25, -0.2) is 5.43 Å².